The fourth-order valence-electron chi connectivity index (χ4n) is 4.44. The number of allylic oxidation sites excluding steroid dienone is 3. The highest BCUT2D eigenvalue weighted by molar-refractivity contribution is 6.05. The van der Waals surface area contributed by atoms with Gasteiger partial charge in [0.2, 0.25) is 0 Å². The van der Waals surface area contributed by atoms with Gasteiger partial charge in [-0.15, -0.1) is 0 Å². The van der Waals surface area contributed by atoms with Crippen molar-refractivity contribution < 1.29 is 9.52 Å². The number of aliphatic imine (C=N–C) groups is 1. The molecule has 3 nitrogen and oxygen atoms in total. The number of rotatable bonds is 6. The van der Waals surface area contributed by atoms with E-state index >= 15 is 0 Å². The molecule has 3 aromatic rings. The van der Waals surface area contributed by atoms with E-state index in [1.54, 1.807) is 6.26 Å². The fourth-order valence-corrected chi connectivity index (χ4v) is 4.44. The molecular formula is C32H37NO2. The second-order valence-electron chi connectivity index (χ2n) is 11.4. The topological polar surface area (TPSA) is 45.7 Å². The zero-order valence-corrected chi connectivity index (χ0v) is 21.7. The predicted molar refractivity (Wildman–Crippen MR) is 145 cm³/mol. The molecule has 0 spiro atoms. The minimum atomic E-state index is -0.702. The van der Waals surface area contributed by atoms with E-state index in [1.807, 2.05) is 36.4 Å². The molecule has 2 atom stereocenters. The van der Waals surface area contributed by atoms with Crippen molar-refractivity contribution in [2.24, 2.45) is 10.9 Å². The highest BCUT2D eigenvalue weighted by atomic mass is 16.3. The van der Waals surface area contributed by atoms with Crippen molar-refractivity contribution in [3.8, 4) is 0 Å². The first-order valence-electron chi connectivity index (χ1n) is 12.4. The van der Waals surface area contributed by atoms with E-state index < -0.39 is 6.10 Å². The second kappa shape index (κ2) is 9.83. The number of nitrogens with zero attached hydrogens (tertiary/aromatic N) is 1. The molecule has 35 heavy (non-hydrogen) atoms. The maximum Gasteiger partial charge on any atom is 0.125 e. The van der Waals surface area contributed by atoms with E-state index in [1.165, 1.54) is 11.1 Å². The maximum atomic E-state index is 11.4. The van der Waals surface area contributed by atoms with Gasteiger partial charge in [-0.3, -0.25) is 4.99 Å². The van der Waals surface area contributed by atoms with E-state index in [0.29, 0.717) is 6.54 Å². The molecule has 0 amide bonds. The Labute approximate surface area is 209 Å². The summed E-state index contributed by atoms with van der Waals surface area (Å²) in [5.41, 5.74) is 6.52. The molecule has 0 aliphatic heterocycles. The lowest BCUT2D eigenvalue weighted by Crippen LogP contribution is -2.20. The first kappa shape index (κ1) is 24.9. The van der Waals surface area contributed by atoms with Crippen molar-refractivity contribution in [3.05, 3.63) is 119 Å². The monoisotopic (exact) mass is 467 g/mol. The van der Waals surface area contributed by atoms with Gasteiger partial charge in [-0.25, -0.2) is 0 Å². The molecule has 182 valence electrons. The van der Waals surface area contributed by atoms with Gasteiger partial charge in [-0.2, -0.15) is 0 Å². The van der Waals surface area contributed by atoms with Crippen LogP contribution in [-0.2, 0) is 17.4 Å². The lowest BCUT2D eigenvalue weighted by atomic mass is 9.83. The van der Waals surface area contributed by atoms with Gasteiger partial charge in [-0.05, 0) is 50.8 Å². The molecule has 0 fully saturated rings. The zero-order chi connectivity index (χ0) is 25.2. The highest BCUT2D eigenvalue weighted by Crippen LogP contribution is 2.36. The van der Waals surface area contributed by atoms with Crippen molar-refractivity contribution in [2.75, 3.05) is 0 Å². The summed E-state index contributed by atoms with van der Waals surface area (Å²) in [6, 6.07) is 20.8. The third-order valence-corrected chi connectivity index (χ3v) is 6.69. The van der Waals surface area contributed by atoms with Crippen LogP contribution in [0.5, 0.6) is 0 Å². The summed E-state index contributed by atoms with van der Waals surface area (Å²) in [7, 11) is 0. The van der Waals surface area contributed by atoms with E-state index in [-0.39, 0.29) is 16.7 Å². The highest BCUT2D eigenvalue weighted by Gasteiger charge is 2.28. The van der Waals surface area contributed by atoms with Gasteiger partial charge >= 0.3 is 0 Å². The largest absolute Gasteiger partial charge is 0.467 e. The van der Waals surface area contributed by atoms with Crippen molar-refractivity contribution >= 4 is 5.71 Å². The summed E-state index contributed by atoms with van der Waals surface area (Å²) in [4.78, 5) is 5.00. The van der Waals surface area contributed by atoms with Crippen LogP contribution in [0, 0.1) is 5.92 Å². The first-order chi connectivity index (χ1) is 16.5. The number of benzene rings is 2. The number of aliphatic hydroxyl groups is 1. The van der Waals surface area contributed by atoms with Crippen LogP contribution in [0.4, 0.5) is 0 Å². The Kier molecular flexibility index (Phi) is 7.00. The molecule has 0 saturated carbocycles. The number of hydrogen-bond donors (Lipinski definition) is 1. The minimum Gasteiger partial charge on any atom is -0.467 e. The molecule has 3 heteroatoms. The Balaban J connectivity index is 1.66. The third kappa shape index (κ3) is 5.74. The van der Waals surface area contributed by atoms with Gasteiger partial charge in [0.1, 0.15) is 11.9 Å². The van der Waals surface area contributed by atoms with Crippen LogP contribution >= 0.6 is 0 Å². The van der Waals surface area contributed by atoms with E-state index in [2.05, 4.69) is 84.0 Å². The molecule has 2 aromatic carbocycles. The Hall–Kier alpha value is -3.17. The Morgan fingerprint density at radius 2 is 1.49 bits per heavy atom. The number of hydrogen-bond acceptors (Lipinski definition) is 3. The SMILES string of the molecule is CC(C)(C)c1ccc(/C(=N\Cc2ccco2)C2C=CC=C2C(O)c2ccc(C(C)(C)C)cc2)cc1. The average Bonchev–Trinajstić information content (AvgIpc) is 3.51. The normalized spacial score (nSPS) is 17.5. The van der Waals surface area contributed by atoms with Gasteiger partial charge in [-0.1, -0.05) is 108 Å². The summed E-state index contributed by atoms with van der Waals surface area (Å²) in [5.74, 6) is 0.711. The second-order valence-corrected chi connectivity index (χ2v) is 11.4. The van der Waals surface area contributed by atoms with Crippen LogP contribution in [0.15, 0.2) is 100 Å². The standard InChI is InChI=1S/C32H37NO2/c1-31(2,3)24-16-12-22(13-17-24)29(33-21-26-9-8-20-35-26)27-10-7-11-28(27)30(34)23-14-18-25(19-15-23)32(4,5)6/h7-20,27,30,34H,21H2,1-6H3/b33-29+. The number of aliphatic hydroxyl groups excluding tert-OH is 1. The maximum absolute atomic E-state index is 11.4. The quantitative estimate of drug-likeness (QED) is 0.377. The molecule has 1 N–H and O–H groups in total. The molecule has 1 aromatic heterocycles. The van der Waals surface area contributed by atoms with Crippen molar-refractivity contribution in [3.63, 3.8) is 0 Å². The molecule has 2 unspecified atom stereocenters. The predicted octanol–water partition coefficient (Wildman–Crippen LogP) is 7.71. The summed E-state index contributed by atoms with van der Waals surface area (Å²) in [6.45, 7) is 13.7. The Morgan fingerprint density at radius 1 is 0.886 bits per heavy atom. The molecule has 1 heterocycles. The van der Waals surface area contributed by atoms with Gasteiger partial charge in [0.15, 0.2) is 0 Å². The number of furan rings is 1. The molecule has 0 saturated heterocycles. The molecule has 0 bridgehead atoms. The molecule has 1 aliphatic carbocycles. The van der Waals surface area contributed by atoms with Gasteiger partial charge in [0.25, 0.3) is 0 Å². The van der Waals surface area contributed by atoms with E-state index in [9.17, 15) is 5.11 Å². The van der Waals surface area contributed by atoms with Crippen LogP contribution in [0.25, 0.3) is 0 Å². The zero-order valence-electron chi connectivity index (χ0n) is 21.7. The average molecular weight is 468 g/mol. The lowest BCUT2D eigenvalue weighted by Gasteiger charge is -2.24. The van der Waals surface area contributed by atoms with Crippen molar-refractivity contribution in [2.45, 2.75) is 65.0 Å². The van der Waals surface area contributed by atoms with Gasteiger partial charge in [0, 0.05) is 5.92 Å². The van der Waals surface area contributed by atoms with Crippen LogP contribution in [0.2, 0.25) is 0 Å². The molecule has 0 radical (unpaired) electrons. The first-order valence-corrected chi connectivity index (χ1v) is 12.4. The van der Waals surface area contributed by atoms with Crippen LogP contribution in [0.1, 0.15) is 75.7 Å². The lowest BCUT2D eigenvalue weighted by molar-refractivity contribution is 0.210. The van der Waals surface area contributed by atoms with Crippen LogP contribution in [-0.4, -0.2) is 10.8 Å². The summed E-state index contributed by atoms with van der Waals surface area (Å²) in [5, 5.41) is 11.4. The van der Waals surface area contributed by atoms with Gasteiger partial charge < -0.3 is 9.52 Å². The van der Waals surface area contributed by atoms with Crippen LogP contribution < -0.4 is 0 Å². The van der Waals surface area contributed by atoms with Gasteiger partial charge in [0.05, 0.1) is 18.5 Å². The molecule has 4 rings (SSSR count). The van der Waals surface area contributed by atoms with Crippen LogP contribution in [0.3, 0.4) is 0 Å². The van der Waals surface area contributed by atoms with E-state index in [4.69, 9.17) is 9.41 Å². The Bertz CT molecular complexity index is 1210. The summed E-state index contributed by atoms with van der Waals surface area (Å²) >= 11 is 0. The van der Waals surface area contributed by atoms with Crippen molar-refractivity contribution in [1.82, 2.24) is 0 Å². The summed E-state index contributed by atoms with van der Waals surface area (Å²) < 4.78 is 5.54. The fraction of sp³-hybridized carbons (Fsp3) is 0.344. The smallest absolute Gasteiger partial charge is 0.125 e. The summed E-state index contributed by atoms with van der Waals surface area (Å²) in [6.07, 6.45) is 7.15. The third-order valence-electron chi connectivity index (χ3n) is 6.69. The van der Waals surface area contributed by atoms with Crippen molar-refractivity contribution in [1.29, 1.82) is 0 Å². The minimum absolute atomic E-state index is 0.0745. The van der Waals surface area contributed by atoms with E-state index in [0.717, 1.165) is 28.2 Å². The Morgan fingerprint density at radius 3 is 2.03 bits per heavy atom. The molecule has 1 aliphatic rings. The molecular weight excluding hydrogens is 430 g/mol.